The van der Waals surface area contributed by atoms with Gasteiger partial charge in [0.2, 0.25) is 0 Å². The summed E-state index contributed by atoms with van der Waals surface area (Å²) in [7, 11) is 0. The Morgan fingerprint density at radius 3 is 2.95 bits per heavy atom. The fourth-order valence-corrected chi connectivity index (χ4v) is 1.92. The summed E-state index contributed by atoms with van der Waals surface area (Å²) >= 11 is 1.03. The van der Waals surface area contributed by atoms with E-state index in [1.807, 2.05) is 0 Å². The van der Waals surface area contributed by atoms with Crippen molar-refractivity contribution in [1.29, 1.82) is 0 Å². The molecule has 1 amide bonds. The third-order valence-electron chi connectivity index (χ3n) is 2.29. The average Bonchev–Trinajstić information content (AvgIpc) is 2.82. The lowest BCUT2D eigenvalue weighted by molar-refractivity contribution is 0.0962. The van der Waals surface area contributed by atoms with E-state index in [0.29, 0.717) is 16.1 Å². The van der Waals surface area contributed by atoms with E-state index in [1.165, 1.54) is 6.07 Å². The van der Waals surface area contributed by atoms with Crippen LogP contribution in [-0.4, -0.2) is 22.0 Å². The van der Waals surface area contributed by atoms with E-state index in [1.54, 1.807) is 25.1 Å². The zero-order valence-electron chi connectivity index (χ0n) is 10.1. The molecule has 0 aliphatic rings. The summed E-state index contributed by atoms with van der Waals surface area (Å²) in [6, 6.07) is 6.23. The third-order valence-corrected chi connectivity index (χ3v) is 3.12. The second-order valence-corrected chi connectivity index (χ2v) is 4.41. The highest BCUT2D eigenvalue weighted by atomic mass is 32.1. The molecule has 0 saturated heterocycles. The molecule has 0 fully saturated rings. The molecule has 0 atom stereocenters. The Hall–Kier alpha value is -2.26. The van der Waals surface area contributed by atoms with Crippen LogP contribution in [0.2, 0.25) is 0 Å². The molecule has 1 aromatic carbocycles. The second kappa shape index (κ2) is 6.07. The van der Waals surface area contributed by atoms with Crippen molar-refractivity contribution >= 4 is 17.4 Å². The van der Waals surface area contributed by atoms with Crippen LogP contribution >= 0.6 is 11.5 Å². The standard InChI is InChI=1S/C13H10FN3OS/c1-9-12(19-17-16-9)13(18)15-8-4-6-10-5-2-3-7-11(10)14/h2-3,5,7H,8H2,1H3,(H,15,18). The molecule has 1 heterocycles. The van der Waals surface area contributed by atoms with Crippen LogP contribution in [0.5, 0.6) is 0 Å². The zero-order valence-corrected chi connectivity index (χ0v) is 10.9. The predicted molar refractivity (Wildman–Crippen MR) is 70.3 cm³/mol. The molecule has 2 aromatic rings. The first kappa shape index (κ1) is 13.2. The minimum atomic E-state index is -0.371. The highest BCUT2D eigenvalue weighted by molar-refractivity contribution is 7.07. The van der Waals surface area contributed by atoms with Crippen molar-refractivity contribution in [2.24, 2.45) is 0 Å². The van der Waals surface area contributed by atoms with Crippen LogP contribution in [0, 0.1) is 24.6 Å². The number of hydrogen-bond acceptors (Lipinski definition) is 4. The van der Waals surface area contributed by atoms with E-state index in [4.69, 9.17) is 0 Å². The van der Waals surface area contributed by atoms with Gasteiger partial charge in [-0.25, -0.2) is 4.39 Å². The molecule has 0 aliphatic carbocycles. The maximum absolute atomic E-state index is 13.2. The predicted octanol–water partition coefficient (Wildman–Crippen LogP) is 1.77. The smallest absolute Gasteiger partial charge is 0.265 e. The number of benzene rings is 1. The first-order chi connectivity index (χ1) is 9.18. The van der Waals surface area contributed by atoms with Crippen LogP contribution in [0.1, 0.15) is 20.9 Å². The van der Waals surface area contributed by atoms with Gasteiger partial charge in [-0.2, -0.15) is 0 Å². The molecule has 0 bridgehead atoms. The van der Waals surface area contributed by atoms with Crippen LogP contribution in [-0.2, 0) is 0 Å². The molecule has 4 nitrogen and oxygen atoms in total. The molecule has 0 aliphatic heterocycles. The van der Waals surface area contributed by atoms with Crippen LogP contribution in [0.3, 0.4) is 0 Å². The Morgan fingerprint density at radius 1 is 1.47 bits per heavy atom. The molecule has 19 heavy (non-hydrogen) atoms. The lowest BCUT2D eigenvalue weighted by atomic mass is 10.2. The Labute approximate surface area is 113 Å². The lowest BCUT2D eigenvalue weighted by Gasteiger charge is -1.97. The zero-order chi connectivity index (χ0) is 13.7. The fourth-order valence-electron chi connectivity index (χ4n) is 1.35. The highest BCUT2D eigenvalue weighted by Gasteiger charge is 2.11. The summed E-state index contributed by atoms with van der Waals surface area (Å²) in [5.41, 5.74) is 0.900. The van der Waals surface area contributed by atoms with Crippen LogP contribution in [0.25, 0.3) is 0 Å². The van der Waals surface area contributed by atoms with Gasteiger partial charge >= 0.3 is 0 Å². The van der Waals surface area contributed by atoms with Crippen LogP contribution in [0.4, 0.5) is 4.39 Å². The number of hydrogen-bond donors (Lipinski definition) is 1. The van der Waals surface area contributed by atoms with E-state index in [9.17, 15) is 9.18 Å². The maximum atomic E-state index is 13.2. The quantitative estimate of drug-likeness (QED) is 0.850. The topological polar surface area (TPSA) is 54.9 Å². The van der Waals surface area contributed by atoms with Crippen molar-refractivity contribution in [3.8, 4) is 11.8 Å². The van der Waals surface area contributed by atoms with Gasteiger partial charge in [0, 0.05) is 0 Å². The molecule has 1 N–H and O–H groups in total. The van der Waals surface area contributed by atoms with Gasteiger partial charge in [-0.15, -0.1) is 5.10 Å². The fraction of sp³-hybridized carbons (Fsp3) is 0.154. The summed E-state index contributed by atoms with van der Waals surface area (Å²) in [5.74, 6) is 4.72. The van der Waals surface area contributed by atoms with Crippen molar-refractivity contribution in [2.45, 2.75) is 6.92 Å². The van der Waals surface area contributed by atoms with Gasteiger partial charge in [0.1, 0.15) is 10.7 Å². The number of amides is 1. The Morgan fingerprint density at radius 2 is 2.26 bits per heavy atom. The minimum absolute atomic E-state index is 0.143. The minimum Gasteiger partial charge on any atom is -0.340 e. The largest absolute Gasteiger partial charge is 0.340 e. The average molecular weight is 275 g/mol. The van der Waals surface area contributed by atoms with Crippen molar-refractivity contribution in [1.82, 2.24) is 14.9 Å². The normalized spacial score (nSPS) is 9.58. The number of nitrogens with zero attached hydrogens (tertiary/aromatic N) is 2. The molecule has 96 valence electrons. The number of aromatic nitrogens is 2. The molecule has 0 radical (unpaired) electrons. The summed E-state index contributed by atoms with van der Waals surface area (Å²) in [6.45, 7) is 1.86. The van der Waals surface area contributed by atoms with Crippen LogP contribution < -0.4 is 5.32 Å². The van der Waals surface area contributed by atoms with Crippen molar-refractivity contribution in [2.75, 3.05) is 6.54 Å². The Bertz CT molecular complexity index is 657. The number of halogens is 1. The van der Waals surface area contributed by atoms with Gasteiger partial charge in [0.15, 0.2) is 0 Å². The number of nitrogens with one attached hydrogen (secondary N) is 1. The van der Waals surface area contributed by atoms with Crippen molar-refractivity contribution < 1.29 is 9.18 Å². The van der Waals surface area contributed by atoms with Crippen molar-refractivity contribution in [3.63, 3.8) is 0 Å². The maximum Gasteiger partial charge on any atom is 0.265 e. The summed E-state index contributed by atoms with van der Waals surface area (Å²) in [5, 5.41) is 6.36. The molecular formula is C13H10FN3OS. The number of aryl methyl sites for hydroxylation is 1. The van der Waals surface area contributed by atoms with E-state index >= 15 is 0 Å². The van der Waals surface area contributed by atoms with Gasteiger partial charge < -0.3 is 5.32 Å². The lowest BCUT2D eigenvalue weighted by Crippen LogP contribution is -2.23. The van der Waals surface area contributed by atoms with Crippen LogP contribution in [0.15, 0.2) is 24.3 Å². The summed E-state index contributed by atoms with van der Waals surface area (Å²) in [4.78, 5) is 12.1. The van der Waals surface area contributed by atoms with Gasteiger partial charge in [0.25, 0.3) is 5.91 Å². The molecule has 6 heteroatoms. The van der Waals surface area contributed by atoms with E-state index in [2.05, 4.69) is 26.7 Å². The molecular weight excluding hydrogens is 265 g/mol. The molecule has 2 rings (SSSR count). The first-order valence-corrected chi connectivity index (χ1v) is 6.26. The SMILES string of the molecule is Cc1nnsc1C(=O)NCC#Cc1ccccc1F. The van der Waals surface area contributed by atoms with Gasteiger partial charge in [-0.1, -0.05) is 28.5 Å². The molecule has 1 aromatic heterocycles. The molecule has 0 spiro atoms. The Kier molecular flexibility index (Phi) is 4.21. The van der Waals surface area contributed by atoms with E-state index in [0.717, 1.165) is 11.5 Å². The van der Waals surface area contributed by atoms with E-state index < -0.39 is 0 Å². The number of rotatable bonds is 2. The number of carbonyl (C=O) groups excluding carboxylic acids is 1. The van der Waals surface area contributed by atoms with E-state index in [-0.39, 0.29) is 18.3 Å². The van der Waals surface area contributed by atoms with Gasteiger partial charge in [-0.3, -0.25) is 4.79 Å². The summed E-state index contributed by atoms with van der Waals surface area (Å²) in [6.07, 6.45) is 0. The van der Waals surface area contributed by atoms with Gasteiger partial charge in [0.05, 0.1) is 17.8 Å². The first-order valence-electron chi connectivity index (χ1n) is 5.49. The monoisotopic (exact) mass is 275 g/mol. The van der Waals surface area contributed by atoms with Crippen molar-refractivity contribution in [3.05, 3.63) is 46.2 Å². The molecule has 0 unspecified atom stereocenters. The molecule has 0 saturated carbocycles. The number of carbonyl (C=O) groups is 1. The summed E-state index contributed by atoms with van der Waals surface area (Å²) < 4.78 is 16.9. The Balaban J connectivity index is 1.93. The third kappa shape index (κ3) is 3.36. The highest BCUT2D eigenvalue weighted by Crippen LogP contribution is 2.08. The second-order valence-electron chi connectivity index (χ2n) is 3.65. The van der Waals surface area contributed by atoms with Gasteiger partial charge in [-0.05, 0) is 30.6 Å².